The van der Waals surface area contributed by atoms with Gasteiger partial charge in [-0.3, -0.25) is 4.79 Å². The summed E-state index contributed by atoms with van der Waals surface area (Å²) in [6.45, 7) is 3.83. The summed E-state index contributed by atoms with van der Waals surface area (Å²) in [6, 6.07) is 73.4. The third-order valence-corrected chi connectivity index (χ3v) is 28.0. The summed E-state index contributed by atoms with van der Waals surface area (Å²) in [5.41, 5.74) is 3.80. The number of nitrogens with one attached hydrogen (secondary N) is 6. The fourth-order valence-corrected chi connectivity index (χ4v) is 21.0. The number of rotatable bonds is 34. The fraction of sp³-hybridized carbons (Fsp3) is 0.371. The molecule has 14 rings (SSSR count). The van der Waals surface area contributed by atoms with E-state index in [0.717, 1.165) is 10.4 Å². The first kappa shape index (κ1) is 94.1. The van der Waals surface area contributed by atoms with E-state index in [4.69, 9.17) is 70.7 Å². The van der Waals surface area contributed by atoms with Crippen molar-refractivity contribution in [2.75, 3.05) is 26.3 Å². The number of ether oxygens (including phenoxy) is 14. The van der Waals surface area contributed by atoms with E-state index in [9.17, 15) is 49.2 Å². The summed E-state index contributed by atoms with van der Waals surface area (Å²) < 4.78 is 96.9. The standard InChI is InChI=1S/C97H108N6O26Si/c1-97(2,3)130(69-45-27-11-28-46-69,70-47-29-12-30-48-70)121-60-76-84(128-89-77(102-95(113)119-57-64-37-19-7-20-38-64)73(104)51-68(122-89)53-99-93(111)117-55-62-33-15-5-16-34-62)81(107)91(125-76)129-85-79(105)71(100-86(108)74(123-87(109)66-41-23-9-24-42-66)49-50-98-92(110)116-54-61-31-13-4-14-32-61)52-72(101-94(112)118-56-63-35-17-6-18-36-63)82(85)126-90-78(103-96(114)120-58-65-39-21-8-22-40-65)80(106)83-75(124-90)59-115-88(127-83)67-43-25-10-26-44-67/h4-48,68,71-85,88-91,104-107H,49-60H2,1-3H3,(H,98,110)(H,99,111)(H,100,108)(H,101,112)(H,102,113)(H,103,114)/t68-,71-,72+,73+,74+,75-,76-,77-,78-,79+,80-,81-,82-,83-,84-,85-,88?,89-,90-,91+/m1/s1. The molecule has 5 aliphatic rings. The Kier molecular flexibility index (Phi) is 32.9. The average Bonchev–Trinajstić information content (AvgIpc) is 1.00. The van der Waals surface area contributed by atoms with Crippen LogP contribution in [0.5, 0.6) is 0 Å². The van der Waals surface area contributed by atoms with E-state index in [1.807, 2.05) is 87.5 Å². The van der Waals surface area contributed by atoms with Gasteiger partial charge < -0.3 is 123 Å². The molecule has 9 aromatic rings. The van der Waals surface area contributed by atoms with Gasteiger partial charge in [0.2, 0.25) is 0 Å². The molecule has 686 valence electrons. The van der Waals surface area contributed by atoms with Gasteiger partial charge in [0, 0.05) is 31.5 Å². The summed E-state index contributed by atoms with van der Waals surface area (Å²) in [7, 11) is -3.66. The first-order valence-corrected chi connectivity index (χ1v) is 45.1. The third kappa shape index (κ3) is 24.9. The van der Waals surface area contributed by atoms with Crippen molar-refractivity contribution in [3.63, 3.8) is 0 Å². The zero-order valence-corrected chi connectivity index (χ0v) is 72.8. The number of carbonyl (C=O) groups is 7. The van der Waals surface area contributed by atoms with Gasteiger partial charge in [0.25, 0.3) is 14.2 Å². The Morgan fingerprint density at radius 3 is 1.38 bits per heavy atom. The van der Waals surface area contributed by atoms with Crippen molar-refractivity contribution < 1.29 is 125 Å². The second kappa shape index (κ2) is 45.5. The molecule has 6 amide bonds. The second-order valence-electron chi connectivity index (χ2n) is 33.0. The van der Waals surface area contributed by atoms with E-state index in [-0.39, 0.29) is 64.7 Å². The van der Waals surface area contributed by atoms with Gasteiger partial charge in [0.1, 0.15) is 100 Å². The summed E-state index contributed by atoms with van der Waals surface area (Å²) in [6.07, 6.45) is -33.0. The highest BCUT2D eigenvalue weighted by Gasteiger charge is 2.59. The molecule has 0 bridgehead atoms. The number of alkyl carbamates (subject to hydrolysis) is 5. The molecule has 4 heterocycles. The molecule has 10 N–H and O–H groups in total. The second-order valence-corrected chi connectivity index (χ2v) is 37.4. The molecule has 32 nitrogen and oxygen atoms in total. The van der Waals surface area contributed by atoms with Gasteiger partial charge in [-0.1, -0.05) is 282 Å². The first-order chi connectivity index (χ1) is 63.1. The molecule has 0 spiro atoms. The fourth-order valence-electron chi connectivity index (χ4n) is 16.4. The Bertz CT molecular complexity index is 5040. The van der Waals surface area contributed by atoms with Crippen LogP contribution in [-0.2, 0) is 109 Å². The Morgan fingerprint density at radius 1 is 0.431 bits per heavy atom. The van der Waals surface area contributed by atoms with Gasteiger partial charge in [-0.05, 0) is 61.8 Å². The minimum atomic E-state index is -3.66. The van der Waals surface area contributed by atoms with Crippen molar-refractivity contribution in [1.29, 1.82) is 0 Å². The molecule has 1 aliphatic carbocycles. The van der Waals surface area contributed by atoms with Crippen molar-refractivity contribution in [1.82, 2.24) is 31.9 Å². The molecular formula is C97H108N6O26Si. The topological polar surface area (TPSA) is 411 Å². The number of hydrogen-bond acceptors (Lipinski definition) is 26. The van der Waals surface area contributed by atoms with E-state index < -0.39 is 198 Å². The molecule has 1 saturated carbocycles. The smallest absolute Gasteiger partial charge is 0.407 e. The summed E-state index contributed by atoms with van der Waals surface area (Å²) in [5, 5.41) is 70.3. The highest BCUT2D eigenvalue weighted by Crippen LogP contribution is 2.42. The SMILES string of the molecule is CC(C)(C)[Si](OC[C@H]1O[C@@H](O[C@@H]2[C@@H](O)[C@H](NC(=O)[C@H](CCNC(=O)OCc3ccccc3)OC(=O)c3ccccc3)C[C@H](NC(=O)OCc3ccccc3)[C@H]2O[C@H]2O[C@@H]3COC(c4ccccc4)O[C@H]3[C@H](O)[C@H]2NC(=O)OCc2ccccc2)[C@H](O)[C@@H]1O[C@H]1O[C@@H](CNC(=O)OCc2ccccc2)C[C@H](O)[C@H]1NC(=O)OCc1ccccc1)(c1ccccc1)c1ccccc1. The summed E-state index contributed by atoms with van der Waals surface area (Å²) in [5.74, 6) is -2.00. The average molecular weight is 1800 g/mol. The number of aliphatic hydroxyl groups excluding tert-OH is 4. The van der Waals surface area contributed by atoms with Gasteiger partial charge >= 0.3 is 36.4 Å². The van der Waals surface area contributed by atoms with Crippen LogP contribution in [-0.4, -0.2) is 214 Å². The van der Waals surface area contributed by atoms with Crippen LogP contribution in [0.3, 0.4) is 0 Å². The molecule has 0 aromatic heterocycles. The van der Waals surface area contributed by atoms with Crippen LogP contribution in [0.2, 0.25) is 5.04 Å². The Balaban J connectivity index is 0.855. The van der Waals surface area contributed by atoms with Crippen molar-refractivity contribution in [2.45, 2.75) is 201 Å². The third-order valence-electron chi connectivity index (χ3n) is 23.0. The van der Waals surface area contributed by atoms with Crippen LogP contribution in [0.25, 0.3) is 0 Å². The lowest BCUT2D eigenvalue weighted by molar-refractivity contribution is -0.358. The number of amides is 6. The number of fused-ring (bicyclic) bond motifs is 1. The highest BCUT2D eigenvalue weighted by atomic mass is 28.4. The van der Waals surface area contributed by atoms with Gasteiger partial charge in [-0.2, -0.15) is 0 Å². The lowest BCUT2D eigenvalue weighted by Gasteiger charge is -2.51. The number of benzene rings is 9. The monoisotopic (exact) mass is 1800 g/mol. The maximum absolute atomic E-state index is 15.5. The highest BCUT2D eigenvalue weighted by molar-refractivity contribution is 6.99. The maximum Gasteiger partial charge on any atom is 0.407 e. The van der Waals surface area contributed by atoms with Crippen LogP contribution in [0.15, 0.2) is 273 Å². The molecule has 33 heteroatoms. The van der Waals surface area contributed by atoms with Gasteiger partial charge in [0.05, 0.1) is 43.1 Å². The van der Waals surface area contributed by atoms with Crippen LogP contribution in [0, 0.1) is 0 Å². The summed E-state index contributed by atoms with van der Waals surface area (Å²) >= 11 is 0. The molecule has 4 saturated heterocycles. The van der Waals surface area contributed by atoms with Crippen LogP contribution < -0.4 is 42.3 Å². The zero-order valence-electron chi connectivity index (χ0n) is 71.8. The molecule has 5 fully saturated rings. The van der Waals surface area contributed by atoms with Crippen LogP contribution in [0.1, 0.15) is 90.1 Å². The normalized spacial score (nSPS) is 25.6. The van der Waals surface area contributed by atoms with E-state index >= 15 is 4.79 Å². The molecule has 0 radical (unpaired) electrons. The molecule has 20 atom stereocenters. The lowest BCUT2D eigenvalue weighted by atomic mass is 9.83. The molecule has 130 heavy (non-hydrogen) atoms. The zero-order chi connectivity index (χ0) is 90.9. The Labute approximate surface area is 752 Å². The minimum absolute atomic E-state index is 0.0431. The van der Waals surface area contributed by atoms with Crippen molar-refractivity contribution >= 4 is 61.0 Å². The predicted octanol–water partition coefficient (Wildman–Crippen LogP) is 9.08. The minimum Gasteiger partial charge on any atom is -0.449 e. The van der Waals surface area contributed by atoms with Crippen molar-refractivity contribution in [3.8, 4) is 0 Å². The van der Waals surface area contributed by atoms with Gasteiger partial charge in [-0.15, -0.1) is 0 Å². The Hall–Kier alpha value is -12.0. The number of hydrogen-bond donors (Lipinski definition) is 10. The van der Waals surface area contributed by atoms with E-state index in [1.54, 1.807) is 194 Å². The number of aliphatic hydroxyl groups is 4. The first-order valence-electron chi connectivity index (χ1n) is 43.2. The van der Waals surface area contributed by atoms with Crippen LogP contribution in [0.4, 0.5) is 24.0 Å². The largest absolute Gasteiger partial charge is 0.449 e. The predicted molar refractivity (Wildman–Crippen MR) is 470 cm³/mol. The lowest BCUT2D eigenvalue weighted by Crippen LogP contribution is -2.71. The van der Waals surface area contributed by atoms with Crippen molar-refractivity contribution in [2.24, 2.45) is 0 Å². The molecule has 1 unspecified atom stereocenters. The summed E-state index contributed by atoms with van der Waals surface area (Å²) in [4.78, 5) is 100. The molecule has 4 aliphatic heterocycles. The van der Waals surface area contributed by atoms with Gasteiger partial charge in [0.15, 0.2) is 31.3 Å². The maximum atomic E-state index is 15.5. The van der Waals surface area contributed by atoms with Crippen LogP contribution >= 0.6 is 0 Å². The molecule has 9 aromatic carbocycles. The van der Waals surface area contributed by atoms with E-state index in [0.29, 0.717) is 33.4 Å². The van der Waals surface area contributed by atoms with Gasteiger partial charge in [-0.25, -0.2) is 28.8 Å². The number of carbonyl (C=O) groups excluding carboxylic acids is 7. The number of esters is 1. The quantitative estimate of drug-likeness (QED) is 0.0102. The van der Waals surface area contributed by atoms with E-state index in [2.05, 4.69) is 31.9 Å². The van der Waals surface area contributed by atoms with Crippen molar-refractivity contribution in [3.05, 3.63) is 312 Å². The molecular weight excluding hydrogens is 1690 g/mol. The Morgan fingerprint density at radius 2 is 0.869 bits per heavy atom. The van der Waals surface area contributed by atoms with E-state index in [1.165, 1.54) is 12.1 Å².